The van der Waals surface area contributed by atoms with Gasteiger partial charge in [0, 0.05) is 36.1 Å². The van der Waals surface area contributed by atoms with Gasteiger partial charge < -0.3 is 10.6 Å². The molecule has 2 rings (SSSR count). The molecule has 0 saturated carbocycles. The Hall–Kier alpha value is -0.680. The van der Waals surface area contributed by atoms with E-state index in [4.69, 9.17) is 5.73 Å². The van der Waals surface area contributed by atoms with E-state index < -0.39 is 0 Å². The summed E-state index contributed by atoms with van der Waals surface area (Å²) in [5.41, 5.74) is 6.07. The normalized spacial score (nSPS) is 26.3. The minimum absolute atomic E-state index is 0.0343. The minimum atomic E-state index is 0.0343. The summed E-state index contributed by atoms with van der Waals surface area (Å²) < 4.78 is 4.46. The van der Waals surface area contributed by atoms with Gasteiger partial charge in [-0.05, 0) is 12.3 Å². The van der Waals surface area contributed by atoms with Crippen LogP contribution < -0.4 is 10.6 Å². The number of hydrogen-bond donors (Lipinski definition) is 1. The molecule has 1 aliphatic rings. The summed E-state index contributed by atoms with van der Waals surface area (Å²) in [6, 6.07) is 0.334. The molecule has 0 bridgehead atoms. The van der Waals surface area contributed by atoms with Gasteiger partial charge in [0.05, 0.1) is 0 Å². The maximum atomic E-state index is 6.03. The quantitative estimate of drug-likeness (QED) is 0.833. The summed E-state index contributed by atoms with van der Waals surface area (Å²) in [5, 5.41) is 1.05. The second-order valence-corrected chi connectivity index (χ2v) is 6.76. The molecule has 2 unspecified atom stereocenters. The largest absolute Gasteiger partial charge is 0.346 e. The maximum absolute atomic E-state index is 6.03. The standard InChI is InChI=1S/C12H22N4S/c1-8-7-16(6-5-9(8)13)11-14-10(15-17-11)12(2,3)4/h8-9H,5-7,13H2,1-4H3. The zero-order chi connectivity index (χ0) is 12.6. The average Bonchev–Trinajstić information content (AvgIpc) is 2.70. The van der Waals surface area contributed by atoms with E-state index in [9.17, 15) is 0 Å². The Kier molecular flexibility index (Phi) is 3.41. The highest BCUT2D eigenvalue weighted by Gasteiger charge is 2.27. The Bertz CT molecular complexity index is 382. The summed E-state index contributed by atoms with van der Waals surface area (Å²) in [7, 11) is 0. The number of nitrogens with zero attached hydrogens (tertiary/aromatic N) is 3. The van der Waals surface area contributed by atoms with Crippen molar-refractivity contribution in [2.24, 2.45) is 11.7 Å². The van der Waals surface area contributed by atoms with Crippen LogP contribution in [-0.4, -0.2) is 28.5 Å². The third-order valence-corrected chi connectivity index (χ3v) is 4.11. The molecule has 17 heavy (non-hydrogen) atoms. The summed E-state index contributed by atoms with van der Waals surface area (Å²) in [4.78, 5) is 6.98. The molecule has 2 heterocycles. The molecule has 4 nitrogen and oxygen atoms in total. The van der Waals surface area contributed by atoms with Crippen LogP contribution in [0.15, 0.2) is 0 Å². The van der Waals surface area contributed by atoms with Crippen LogP contribution in [0.5, 0.6) is 0 Å². The molecule has 96 valence electrons. The molecule has 1 aliphatic heterocycles. The molecule has 0 amide bonds. The SMILES string of the molecule is CC1CN(c2nc(C(C)(C)C)ns2)CCC1N. The molecule has 0 radical (unpaired) electrons. The Balaban J connectivity index is 2.11. The predicted octanol–water partition coefficient (Wildman–Crippen LogP) is 2.01. The van der Waals surface area contributed by atoms with Gasteiger partial charge in [0.25, 0.3) is 0 Å². The van der Waals surface area contributed by atoms with Crippen molar-refractivity contribution in [3.63, 3.8) is 0 Å². The first-order valence-electron chi connectivity index (χ1n) is 6.22. The van der Waals surface area contributed by atoms with E-state index in [1.54, 1.807) is 0 Å². The molecule has 5 heteroatoms. The fourth-order valence-electron chi connectivity index (χ4n) is 1.99. The first-order chi connectivity index (χ1) is 7.88. The van der Waals surface area contributed by atoms with Crippen LogP contribution in [0.1, 0.15) is 39.9 Å². The zero-order valence-electron chi connectivity index (χ0n) is 11.1. The van der Waals surface area contributed by atoms with Crippen molar-refractivity contribution in [2.75, 3.05) is 18.0 Å². The molecule has 0 aromatic carbocycles. The molecule has 0 spiro atoms. The number of nitrogens with two attached hydrogens (primary N) is 1. The Morgan fingerprint density at radius 1 is 1.41 bits per heavy atom. The third-order valence-electron chi connectivity index (χ3n) is 3.33. The molecule has 2 atom stereocenters. The second-order valence-electron chi connectivity index (χ2n) is 6.03. The second kappa shape index (κ2) is 4.53. The third kappa shape index (κ3) is 2.77. The summed E-state index contributed by atoms with van der Waals surface area (Å²) in [6.07, 6.45) is 1.05. The summed E-state index contributed by atoms with van der Waals surface area (Å²) in [6.45, 7) is 10.7. The van der Waals surface area contributed by atoms with Gasteiger partial charge in [0.1, 0.15) is 5.82 Å². The van der Waals surface area contributed by atoms with Crippen molar-refractivity contribution in [2.45, 2.75) is 45.6 Å². The first-order valence-corrected chi connectivity index (χ1v) is 7.00. The van der Waals surface area contributed by atoms with Crippen molar-refractivity contribution in [3.8, 4) is 0 Å². The van der Waals surface area contributed by atoms with Gasteiger partial charge in [-0.25, -0.2) is 4.98 Å². The van der Waals surface area contributed by atoms with E-state index in [0.29, 0.717) is 12.0 Å². The van der Waals surface area contributed by atoms with Gasteiger partial charge >= 0.3 is 0 Å². The van der Waals surface area contributed by atoms with E-state index >= 15 is 0 Å². The van der Waals surface area contributed by atoms with Crippen LogP contribution in [0.4, 0.5) is 5.13 Å². The molecular weight excluding hydrogens is 232 g/mol. The fraction of sp³-hybridized carbons (Fsp3) is 0.833. The molecule has 1 saturated heterocycles. The van der Waals surface area contributed by atoms with Crippen LogP contribution in [0, 0.1) is 5.92 Å². The molecule has 2 N–H and O–H groups in total. The van der Waals surface area contributed by atoms with Crippen molar-refractivity contribution in [1.82, 2.24) is 9.36 Å². The predicted molar refractivity (Wildman–Crippen MR) is 72.6 cm³/mol. The maximum Gasteiger partial charge on any atom is 0.205 e. The van der Waals surface area contributed by atoms with Gasteiger partial charge in [0.2, 0.25) is 5.13 Å². The monoisotopic (exact) mass is 254 g/mol. The van der Waals surface area contributed by atoms with Gasteiger partial charge in [-0.15, -0.1) is 0 Å². The van der Waals surface area contributed by atoms with Crippen molar-refractivity contribution >= 4 is 16.7 Å². The number of hydrogen-bond acceptors (Lipinski definition) is 5. The lowest BCUT2D eigenvalue weighted by Gasteiger charge is -2.34. The fourth-order valence-corrected chi connectivity index (χ4v) is 2.88. The van der Waals surface area contributed by atoms with Crippen molar-refractivity contribution < 1.29 is 0 Å². The lowest BCUT2D eigenvalue weighted by atomic mass is 9.95. The average molecular weight is 254 g/mol. The first kappa shape index (κ1) is 12.8. The van der Waals surface area contributed by atoms with Gasteiger partial charge in [0.15, 0.2) is 0 Å². The highest BCUT2D eigenvalue weighted by atomic mass is 32.1. The number of rotatable bonds is 1. The Morgan fingerprint density at radius 2 is 2.12 bits per heavy atom. The van der Waals surface area contributed by atoms with E-state index in [0.717, 1.165) is 30.5 Å². The van der Waals surface area contributed by atoms with Crippen LogP contribution in [-0.2, 0) is 5.41 Å². The van der Waals surface area contributed by atoms with Gasteiger partial charge in [-0.1, -0.05) is 27.7 Å². The smallest absolute Gasteiger partial charge is 0.205 e. The zero-order valence-corrected chi connectivity index (χ0v) is 11.9. The summed E-state index contributed by atoms with van der Waals surface area (Å²) in [5.74, 6) is 1.48. The van der Waals surface area contributed by atoms with Gasteiger partial charge in [-0.2, -0.15) is 4.37 Å². The van der Waals surface area contributed by atoms with Crippen molar-refractivity contribution in [1.29, 1.82) is 0 Å². The van der Waals surface area contributed by atoms with E-state index in [1.807, 2.05) is 0 Å². The van der Waals surface area contributed by atoms with Gasteiger partial charge in [-0.3, -0.25) is 0 Å². The molecule has 1 fully saturated rings. The van der Waals surface area contributed by atoms with E-state index in [2.05, 4.69) is 42.0 Å². The number of anilines is 1. The lowest BCUT2D eigenvalue weighted by molar-refractivity contribution is 0.382. The van der Waals surface area contributed by atoms with E-state index in [-0.39, 0.29) is 5.41 Å². The van der Waals surface area contributed by atoms with Crippen LogP contribution in [0.3, 0.4) is 0 Å². The Labute approximate surface area is 107 Å². The molecule has 0 aliphatic carbocycles. The van der Waals surface area contributed by atoms with Crippen LogP contribution in [0.2, 0.25) is 0 Å². The summed E-state index contributed by atoms with van der Waals surface area (Å²) >= 11 is 1.51. The number of aromatic nitrogens is 2. The highest BCUT2D eigenvalue weighted by molar-refractivity contribution is 7.09. The Morgan fingerprint density at radius 3 is 2.65 bits per heavy atom. The molecule has 1 aromatic rings. The minimum Gasteiger partial charge on any atom is -0.346 e. The number of piperidine rings is 1. The highest BCUT2D eigenvalue weighted by Crippen LogP contribution is 2.28. The van der Waals surface area contributed by atoms with Crippen molar-refractivity contribution in [3.05, 3.63) is 5.82 Å². The van der Waals surface area contributed by atoms with Crippen LogP contribution >= 0.6 is 11.5 Å². The van der Waals surface area contributed by atoms with E-state index in [1.165, 1.54) is 11.5 Å². The molecule has 1 aromatic heterocycles. The topological polar surface area (TPSA) is 55.0 Å². The molecular formula is C12H22N4S. The van der Waals surface area contributed by atoms with Crippen LogP contribution in [0.25, 0.3) is 0 Å². The lowest BCUT2D eigenvalue weighted by Crippen LogP contribution is -2.46.